The van der Waals surface area contributed by atoms with Gasteiger partial charge < -0.3 is 13.8 Å². The number of rotatable bonds is 6. The Labute approximate surface area is 107 Å². The van der Waals surface area contributed by atoms with Gasteiger partial charge in [0.25, 0.3) is 0 Å². The van der Waals surface area contributed by atoms with Crippen LogP contribution in [0.5, 0.6) is 5.75 Å². The summed E-state index contributed by atoms with van der Waals surface area (Å²) in [5.41, 5.74) is -0.0558. The van der Waals surface area contributed by atoms with Crippen molar-refractivity contribution >= 4 is 13.3 Å². The molecule has 18 heavy (non-hydrogen) atoms. The summed E-state index contributed by atoms with van der Waals surface area (Å²) in [6, 6.07) is 6.87. The van der Waals surface area contributed by atoms with Crippen molar-refractivity contribution in [2.24, 2.45) is 0 Å². The summed E-state index contributed by atoms with van der Waals surface area (Å²) < 4.78 is 26.9. The van der Waals surface area contributed by atoms with E-state index in [-0.39, 0.29) is 13.2 Å². The number of aryl methyl sites for hydroxylation is 1. The monoisotopic (exact) mass is 272 g/mol. The van der Waals surface area contributed by atoms with E-state index in [1.54, 1.807) is 32.0 Å². The Morgan fingerprint density at radius 3 is 2.33 bits per heavy atom. The van der Waals surface area contributed by atoms with Crippen molar-refractivity contribution in [3.8, 4) is 5.75 Å². The van der Waals surface area contributed by atoms with Crippen molar-refractivity contribution in [1.29, 1.82) is 0 Å². The highest BCUT2D eigenvalue weighted by Gasteiger charge is 2.36. The topological polar surface area (TPSA) is 61.8 Å². The molecule has 0 unspecified atom stereocenters. The standard InChI is InChI=1S/C12H17O5P/c1-4-15-18(14,16-5-2)12(13)17-11-8-6-7-10(3)9-11/h6-9H,4-5H2,1-3H3. The van der Waals surface area contributed by atoms with E-state index in [0.717, 1.165) is 5.56 Å². The number of ether oxygens (including phenoxy) is 1. The van der Waals surface area contributed by atoms with Gasteiger partial charge in [-0.2, -0.15) is 0 Å². The molecule has 1 rings (SSSR count). The van der Waals surface area contributed by atoms with Gasteiger partial charge in [-0.25, -0.2) is 9.36 Å². The third kappa shape index (κ3) is 3.95. The van der Waals surface area contributed by atoms with E-state index >= 15 is 0 Å². The molecule has 1 aromatic rings. The van der Waals surface area contributed by atoms with Gasteiger partial charge in [-0.1, -0.05) is 12.1 Å². The lowest BCUT2D eigenvalue weighted by atomic mass is 10.2. The lowest BCUT2D eigenvalue weighted by Crippen LogP contribution is -2.11. The summed E-state index contributed by atoms with van der Waals surface area (Å²) in [6.45, 7) is 5.35. The highest BCUT2D eigenvalue weighted by molar-refractivity contribution is 7.71. The van der Waals surface area contributed by atoms with Crippen LogP contribution in [0.15, 0.2) is 24.3 Å². The fraction of sp³-hybridized carbons (Fsp3) is 0.417. The molecule has 0 aromatic heterocycles. The van der Waals surface area contributed by atoms with Crippen molar-refractivity contribution in [2.75, 3.05) is 13.2 Å². The van der Waals surface area contributed by atoms with E-state index in [1.165, 1.54) is 0 Å². The molecule has 1 aromatic carbocycles. The SMILES string of the molecule is CCOP(=O)(OCC)C(=O)Oc1cccc(C)c1. The van der Waals surface area contributed by atoms with Gasteiger partial charge in [-0.3, -0.25) is 0 Å². The maximum atomic E-state index is 12.1. The Bertz CT molecular complexity index is 448. The van der Waals surface area contributed by atoms with E-state index in [2.05, 4.69) is 0 Å². The second kappa shape index (κ2) is 6.69. The van der Waals surface area contributed by atoms with Crippen LogP contribution in [-0.4, -0.2) is 18.9 Å². The number of carbonyl (C=O) groups excluding carboxylic acids is 1. The molecular formula is C12H17O5P. The Hall–Kier alpha value is -1.16. The molecule has 0 spiro atoms. The summed E-state index contributed by atoms with van der Waals surface area (Å²) in [5, 5.41) is 0. The van der Waals surface area contributed by atoms with Gasteiger partial charge in [0.1, 0.15) is 5.75 Å². The van der Waals surface area contributed by atoms with Gasteiger partial charge in [0.2, 0.25) is 0 Å². The van der Waals surface area contributed by atoms with Crippen LogP contribution in [0.3, 0.4) is 0 Å². The molecule has 0 radical (unpaired) electrons. The molecule has 0 amide bonds. The molecule has 0 aliphatic heterocycles. The number of carbonyl (C=O) groups is 1. The Morgan fingerprint density at radius 2 is 1.83 bits per heavy atom. The maximum absolute atomic E-state index is 12.1. The molecule has 0 bridgehead atoms. The molecule has 0 fully saturated rings. The fourth-order valence-corrected chi connectivity index (χ4v) is 2.50. The molecule has 6 heteroatoms. The number of hydrogen-bond acceptors (Lipinski definition) is 5. The number of benzene rings is 1. The molecule has 0 saturated carbocycles. The summed E-state index contributed by atoms with van der Waals surface area (Å²) in [6.07, 6.45) is 0. The smallest absolute Gasteiger partial charge is 0.417 e. The van der Waals surface area contributed by atoms with E-state index in [1.807, 2.05) is 13.0 Å². The molecule has 0 atom stereocenters. The van der Waals surface area contributed by atoms with Crippen molar-refractivity contribution in [1.82, 2.24) is 0 Å². The van der Waals surface area contributed by atoms with E-state index < -0.39 is 13.3 Å². The molecule has 0 saturated heterocycles. The second-order valence-corrected chi connectivity index (χ2v) is 5.39. The maximum Gasteiger partial charge on any atom is 0.438 e. The first kappa shape index (κ1) is 14.9. The van der Waals surface area contributed by atoms with Crippen LogP contribution in [0.2, 0.25) is 0 Å². The van der Waals surface area contributed by atoms with Crippen molar-refractivity contribution < 1.29 is 23.1 Å². The van der Waals surface area contributed by atoms with Gasteiger partial charge in [0, 0.05) is 0 Å². The molecule has 0 aliphatic carbocycles. The fourth-order valence-electron chi connectivity index (χ4n) is 1.32. The van der Waals surface area contributed by atoms with Gasteiger partial charge in [0.05, 0.1) is 13.2 Å². The zero-order valence-electron chi connectivity index (χ0n) is 10.7. The minimum absolute atomic E-state index is 0.111. The Kier molecular flexibility index (Phi) is 5.54. The van der Waals surface area contributed by atoms with E-state index in [4.69, 9.17) is 13.8 Å². The summed E-state index contributed by atoms with van der Waals surface area (Å²) in [5.74, 6) is 0.319. The Balaban J connectivity index is 2.82. The van der Waals surface area contributed by atoms with Gasteiger partial charge in [-0.05, 0) is 38.5 Å². The normalized spacial score (nSPS) is 11.3. The minimum Gasteiger partial charge on any atom is -0.417 e. The predicted octanol–water partition coefficient (Wildman–Crippen LogP) is 3.76. The Morgan fingerprint density at radius 1 is 1.22 bits per heavy atom. The molecule has 0 N–H and O–H groups in total. The zero-order valence-corrected chi connectivity index (χ0v) is 11.6. The second-order valence-electron chi connectivity index (χ2n) is 3.52. The van der Waals surface area contributed by atoms with Crippen LogP contribution in [0.4, 0.5) is 4.79 Å². The first-order valence-corrected chi connectivity index (χ1v) is 7.24. The van der Waals surface area contributed by atoms with Crippen molar-refractivity contribution in [3.05, 3.63) is 29.8 Å². The first-order chi connectivity index (χ1) is 8.51. The zero-order chi connectivity index (χ0) is 13.6. The van der Waals surface area contributed by atoms with E-state index in [0.29, 0.717) is 5.75 Å². The molecular weight excluding hydrogens is 255 g/mol. The average Bonchev–Trinajstić information content (AvgIpc) is 2.29. The van der Waals surface area contributed by atoms with Crippen molar-refractivity contribution in [2.45, 2.75) is 20.8 Å². The minimum atomic E-state index is -3.85. The number of hydrogen-bond donors (Lipinski definition) is 0. The van der Waals surface area contributed by atoms with Crippen LogP contribution < -0.4 is 4.74 Å². The first-order valence-electron chi connectivity index (χ1n) is 5.70. The highest BCUT2D eigenvalue weighted by Crippen LogP contribution is 2.49. The molecule has 0 heterocycles. The quantitative estimate of drug-likeness (QED) is 0.738. The van der Waals surface area contributed by atoms with Crippen LogP contribution >= 0.6 is 7.60 Å². The molecule has 0 aliphatic rings. The average molecular weight is 272 g/mol. The van der Waals surface area contributed by atoms with E-state index in [9.17, 15) is 9.36 Å². The largest absolute Gasteiger partial charge is 0.438 e. The van der Waals surface area contributed by atoms with Gasteiger partial charge in [0.15, 0.2) is 0 Å². The lowest BCUT2D eigenvalue weighted by molar-refractivity contribution is 0.185. The predicted molar refractivity (Wildman–Crippen MR) is 68.1 cm³/mol. The van der Waals surface area contributed by atoms with Crippen LogP contribution in [0, 0.1) is 6.92 Å². The van der Waals surface area contributed by atoms with Gasteiger partial charge in [-0.15, -0.1) is 0 Å². The van der Waals surface area contributed by atoms with Crippen molar-refractivity contribution in [3.63, 3.8) is 0 Å². The van der Waals surface area contributed by atoms with Crippen LogP contribution in [-0.2, 0) is 13.6 Å². The third-order valence-corrected chi connectivity index (χ3v) is 3.75. The lowest BCUT2D eigenvalue weighted by Gasteiger charge is -2.15. The third-order valence-electron chi connectivity index (χ3n) is 2.02. The van der Waals surface area contributed by atoms with Gasteiger partial charge >= 0.3 is 13.3 Å². The molecule has 5 nitrogen and oxygen atoms in total. The molecule has 100 valence electrons. The summed E-state index contributed by atoms with van der Waals surface area (Å²) in [7, 11) is -3.85. The van der Waals surface area contributed by atoms with Crippen LogP contribution in [0.25, 0.3) is 0 Å². The highest BCUT2D eigenvalue weighted by atomic mass is 31.2. The summed E-state index contributed by atoms with van der Waals surface area (Å²) >= 11 is 0. The van der Waals surface area contributed by atoms with Crippen LogP contribution in [0.1, 0.15) is 19.4 Å². The summed E-state index contributed by atoms with van der Waals surface area (Å²) in [4.78, 5) is 11.8.